The minimum absolute atomic E-state index is 0.121. The molecule has 1 atom stereocenters. The summed E-state index contributed by atoms with van der Waals surface area (Å²) in [6.07, 6.45) is 2.26. The topological polar surface area (TPSA) is 138 Å². The van der Waals surface area contributed by atoms with Gasteiger partial charge in [-0.3, -0.25) is 0 Å². The van der Waals surface area contributed by atoms with E-state index in [4.69, 9.17) is 15.5 Å². The number of rotatable bonds is 5. The Kier molecular flexibility index (Phi) is 7.12. The molecule has 1 aliphatic rings. The van der Waals surface area contributed by atoms with Gasteiger partial charge in [-0.05, 0) is 46.2 Å². The first-order valence-electron chi connectivity index (χ1n) is 12.5. The summed E-state index contributed by atoms with van der Waals surface area (Å²) in [6.45, 7) is 11.9. The van der Waals surface area contributed by atoms with Crippen molar-refractivity contribution in [3.05, 3.63) is 35.3 Å². The third-order valence-corrected chi connectivity index (χ3v) is 6.36. The number of anilines is 3. The molecule has 4 heterocycles. The first-order chi connectivity index (χ1) is 17.5. The van der Waals surface area contributed by atoms with Gasteiger partial charge in [-0.25, -0.2) is 14.8 Å². The number of nitrogens with zero attached hydrogens (tertiary/aromatic N) is 7. The van der Waals surface area contributed by atoms with E-state index in [-0.39, 0.29) is 18.1 Å². The van der Waals surface area contributed by atoms with Crippen LogP contribution in [0.3, 0.4) is 0 Å². The van der Waals surface area contributed by atoms with E-state index in [0.29, 0.717) is 49.7 Å². The zero-order valence-corrected chi connectivity index (χ0v) is 22.4. The average molecular weight is 506 g/mol. The van der Waals surface area contributed by atoms with Gasteiger partial charge in [0.1, 0.15) is 23.1 Å². The Morgan fingerprint density at radius 2 is 1.95 bits per heavy atom. The van der Waals surface area contributed by atoms with Crippen molar-refractivity contribution >= 4 is 34.6 Å². The maximum atomic E-state index is 12.6. The number of hydrogen-bond acceptors (Lipinski definition) is 9. The number of nitrogens with two attached hydrogens (primary N) is 1. The van der Waals surface area contributed by atoms with E-state index in [9.17, 15) is 10.1 Å². The number of piperazine rings is 1. The normalized spacial score (nSPS) is 14.9. The third kappa shape index (κ3) is 5.53. The summed E-state index contributed by atoms with van der Waals surface area (Å²) in [7, 11) is 1.99. The van der Waals surface area contributed by atoms with Crippen LogP contribution in [0.2, 0.25) is 0 Å². The second-order valence-corrected chi connectivity index (χ2v) is 10.3. The maximum Gasteiger partial charge on any atom is 0.410 e. The molecule has 0 saturated carbocycles. The summed E-state index contributed by atoms with van der Waals surface area (Å²) >= 11 is 0. The van der Waals surface area contributed by atoms with Crippen LogP contribution in [0, 0.1) is 11.3 Å². The van der Waals surface area contributed by atoms with E-state index in [1.807, 2.05) is 58.5 Å². The number of nitrogen functional groups attached to an aromatic ring is 1. The number of aromatic nitrogens is 4. The fraction of sp³-hybridized carbons (Fsp3) is 0.500. The highest BCUT2D eigenvalue weighted by Crippen LogP contribution is 2.32. The van der Waals surface area contributed by atoms with Crippen LogP contribution in [-0.2, 0) is 18.2 Å². The number of pyridine rings is 1. The molecule has 1 unspecified atom stereocenters. The monoisotopic (exact) mass is 505 g/mol. The van der Waals surface area contributed by atoms with Crippen LogP contribution in [0.4, 0.5) is 22.2 Å². The van der Waals surface area contributed by atoms with Crippen molar-refractivity contribution in [2.45, 2.75) is 52.7 Å². The second kappa shape index (κ2) is 10.1. The lowest BCUT2D eigenvalue weighted by atomic mass is 10.1. The number of amides is 1. The summed E-state index contributed by atoms with van der Waals surface area (Å²) in [5.74, 6) is 0.519. The van der Waals surface area contributed by atoms with Crippen LogP contribution in [0.15, 0.2) is 18.3 Å². The van der Waals surface area contributed by atoms with Crippen LogP contribution >= 0.6 is 0 Å². The first-order valence-corrected chi connectivity index (χ1v) is 12.5. The van der Waals surface area contributed by atoms with Crippen molar-refractivity contribution in [3.63, 3.8) is 0 Å². The summed E-state index contributed by atoms with van der Waals surface area (Å²) in [6, 6.07) is 6.05. The Morgan fingerprint density at radius 1 is 1.24 bits per heavy atom. The number of carbonyl (C=O) groups excluding carboxylic acids is 1. The molecule has 3 aromatic heterocycles. The van der Waals surface area contributed by atoms with Gasteiger partial charge >= 0.3 is 6.09 Å². The second-order valence-electron chi connectivity index (χ2n) is 10.3. The molecule has 11 heteroatoms. The smallest absolute Gasteiger partial charge is 0.410 e. The standard InChI is InChI=1S/C26H35N9O2/c1-7-18-17(15-27)23(32-24(28)31-18)29-16(2)22-21(14-20-19(30-22)8-9-33(20)6)34-10-12-35(13-11-34)25(36)37-26(3,4)5/h8-9,14,16H,7,10-13H2,1-6H3,(H3,28,29,31,32). The lowest BCUT2D eigenvalue weighted by molar-refractivity contribution is 0.0240. The molecule has 0 radical (unpaired) electrons. The fourth-order valence-corrected chi connectivity index (χ4v) is 4.50. The van der Waals surface area contributed by atoms with Gasteiger partial charge in [0.25, 0.3) is 0 Å². The van der Waals surface area contributed by atoms with E-state index in [2.05, 4.69) is 32.3 Å². The number of nitrogens with one attached hydrogen (secondary N) is 1. The van der Waals surface area contributed by atoms with Crippen LogP contribution in [0.5, 0.6) is 0 Å². The van der Waals surface area contributed by atoms with Gasteiger partial charge in [0.15, 0.2) is 0 Å². The van der Waals surface area contributed by atoms with Gasteiger partial charge in [-0.1, -0.05) is 6.92 Å². The van der Waals surface area contributed by atoms with Crippen molar-refractivity contribution in [2.75, 3.05) is 42.1 Å². The Balaban J connectivity index is 1.65. The molecule has 1 amide bonds. The number of ether oxygens (including phenoxy) is 1. The highest BCUT2D eigenvalue weighted by atomic mass is 16.6. The summed E-state index contributed by atoms with van der Waals surface area (Å²) < 4.78 is 7.59. The van der Waals surface area contributed by atoms with Gasteiger partial charge in [-0.2, -0.15) is 10.2 Å². The molecule has 0 spiro atoms. The predicted molar refractivity (Wildman–Crippen MR) is 143 cm³/mol. The molecule has 0 bridgehead atoms. The van der Waals surface area contributed by atoms with Gasteiger partial charge in [0.05, 0.1) is 34.2 Å². The van der Waals surface area contributed by atoms with Crippen LogP contribution in [0.1, 0.15) is 57.6 Å². The molecule has 37 heavy (non-hydrogen) atoms. The lowest BCUT2D eigenvalue weighted by Gasteiger charge is -2.37. The van der Waals surface area contributed by atoms with Crippen molar-refractivity contribution in [3.8, 4) is 6.07 Å². The molecular formula is C26H35N9O2. The summed E-state index contributed by atoms with van der Waals surface area (Å²) in [5, 5.41) is 13.1. The van der Waals surface area contributed by atoms with E-state index in [1.54, 1.807) is 4.90 Å². The minimum atomic E-state index is -0.533. The van der Waals surface area contributed by atoms with Crippen molar-refractivity contribution in [1.29, 1.82) is 5.26 Å². The van der Waals surface area contributed by atoms with Gasteiger partial charge in [-0.15, -0.1) is 0 Å². The van der Waals surface area contributed by atoms with Gasteiger partial charge in [0, 0.05) is 39.4 Å². The van der Waals surface area contributed by atoms with Crippen molar-refractivity contribution in [1.82, 2.24) is 24.4 Å². The molecule has 1 fully saturated rings. The lowest BCUT2D eigenvalue weighted by Crippen LogP contribution is -2.50. The SMILES string of the molecule is CCc1nc(N)nc(NC(C)c2nc3ccn(C)c3cc2N2CCN(C(=O)OC(C)(C)C)CC2)c1C#N. The highest BCUT2D eigenvalue weighted by Gasteiger charge is 2.28. The fourth-order valence-electron chi connectivity index (χ4n) is 4.50. The molecule has 3 aromatic rings. The molecule has 196 valence electrons. The molecule has 1 aliphatic heterocycles. The number of fused-ring (bicyclic) bond motifs is 1. The molecule has 4 rings (SSSR count). The minimum Gasteiger partial charge on any atom is -0.444 e. The van der Waals surface area contributed by atoms with E-state index in [0.717, 1.165) is 22.4 Å². The number of nitriles is 1. The van der Waals surface area contributed by atoms with Crippen molar-refractivity contribution in [2.24, 2.45) is 7.05 Å². The predicted octanol–water partition coefficient (Wildman–Crippen LogP) is 3.61. The summed E-state index contributed by atoms with van der Waals surface area (Å²) in [4.78, 5) is 30.1. The average Bonchev–Trinajstić information content (AvgIpc) is 3.21. The van der Waals surface area contributed by atoms with E-state index >= 15 is 0 Å². The Morgan fingerprint density at radius 3 is 2.57 bits per heavy atom. The van der Waals surface area contributed by atoms with Crippen LogP contribution < -0.4 is 16.0 Å². The largest absolute Gasteiger partial charge is 0.444 e. The number of aryl methyl sites for hydroxylation is 2. The molecule has 3 N–H and O–H groups in total. The highest BCUT2D eigenvalue weighted by molar-refractivity contribution is 5.81. The molecule has 11 nitrogen and oxygen atoms in total. The molecular weight excluding hydrogens is 470 g/mol. The number of carbonyl (C=O) groups is 1. The Bertz CT molecular complexity index is 1340. The summed E-state index contributed by atoms with van der Waals surface area (Å²) in [5.41, 5.74) is 10.1. The Hall–Kier alpha value is -4.07. The molecule has 0 aliphatic carbocycles. The van der Waals surface area contributed by atoms with Crippen LogP contribution in [0.25, 0.3) is 11.0 Å². The molecule has 0 aromatic carbocycles. The zero-order chi connectivity index (χ0) is 26.9. The third-order valence-electron chi connectivity index (χ3n) is 6.36. The van der Waals surface area contributed by atoms with E-state index < -0.39 is 5.60 Å². The quantitative estimate of drug-likeness (QED) is 0.532. The molecule has 1 saturated heterocycles. The van der Waals surface area contributed by atoms with Crippen LogP contribution in [-0.4, -0.2) is 62.3 Å². The number of hydrogen-bond donors (Lipinski definition) is 2. The van der Waals surface area contributed by atoms with Gasteiger partial charge < -0.3 is 30.2 Å². The Labute approximate surface area is 217 Å². The van der Waals surface area contributed by atoms with Gasteiger partial charge in [0.2, 0.25) is 5.95 Å². The van der Waals surface area contributed by atoms with E-state index in [1.165, 1.54) is 0 Å². The van der Waals surface area contributed by atoms with Crippen molar-refractivity contribution < 1.29 is 9.53 Å². The first kappa shape index (κ1) is 26.0. The zero-order valence-electron chi connectivity index (χ0n) is 22.4. The maximum absolute atomic E-state index is 12.6.